The number of hydrogen-bond donors (Lipinski definition) is 1. The van der Waals surface area contributed by atoms with Crippen LogP contribution in [0, 0.1) is 0 Å². The van der Waals surface area contributed by atoms with Crippen LogP contribution in [0.25, 0.3) is 0 Å². The molecule has 0 saturated carbocycles. The molecule has 1 unspecified atom stereocenters. The van der Waals surface area contributed by atoms with E-state index in [4.69, 9.17) is 4.74 Å². The van der Waals surface area contributed by atoms with Crippen LogP contribution in [0.3, 0.4) is 0 Å². The van der Waals surface area contributed by atoms with Crippen LogP contribution < -0.4 is 0 Å². The van der Waals surface area contributed by atoms with Crippen molar-refractivity contribution in [1.82, 2.24) is 0 Å². The van der Waals surface area contributed by atoms with Gasteiger partial charge in [0.25, 0.3) is 0 Å². The Hall–Kier alpha value is -0.860. The van der Waals surface area contributed by atoms with Gasteiger partial charge in [-0.05, 0) is 24.8 Å². The predicted molar refractivity (Wildman–Crippen MR) is 75.8 cm³/mol. The third kappa shape index (κ3) is 3.33. The van der Waals surface area contributed by atoms with E-state index in [0.717, 1.165) is 25.9 Å². The minimum atomic E-state index is -0.443. The van der Waals surface area contributed by atoms with Crippen LogP contribution >= 0.6 is 0 Å². The lowest BCUT2D eigenvalue weighted by molar-refractivity contribution is -0.0128. The first kappa shape index (κ1) is 15.2. The molecule has 0 amide bonds. The van der Waals surface area contributed by atoms with Crippen molar-refractivity contribution in [2.24, 2.45) is 0 Å². The summed E-state index contributed by atoms with van der Waals surface area (Å²) >= 11 is 0. The number of aliphatic hydroxyl groups is 1. The molecule has 1 aromatic rings. The van der Waals surface area contributed by atoms with Gasteiger partial charge in [-0.25, -0.2) is 0 Å². The molecule has 0 heterocycles. The van der Waals surface area contributed by atoms with Gasteiger partial charge < -0.3 is 9.84 Å². The Kier molecular flexibility index (Phi) is 6.37. The van der Waals surface area contributed by atoms with Crippen molar-refractivity contribution in [1.29, 1.82) is 0 Å². The van der Waals surface area contributed by atoms with Gasteiger partial charge in [-0.2, -0.15) is 0 Å². The van der Waals surface area contributed by atoms with Crippen LogP contribution in [-0.2, 0) is 10.2 Å². The highest BCUT2D eigenvalue weighted by Crippen LogP contribution is 2.35. The minimum Gasteiger partial charge on any atom is -0.390 e. The van der Waals surface area contributed by atoms with E-state index >= 15 is 0 Å². The fourth-order valence-corrected chi connectivity index (χ4v) is 2.59. The van der Waals surface area contributed by atoms with E-state index in [1.54, 1.807) is 0 Å². The van der Waals surface area contributed by atoms with Gasteiger partial charge in [0.2, 0.25) is 0 Å². The largest absolute Gasteiger partial charge is 0.390 e. The van der Waals surface area contributed by atoms with Crippen molar-refractivity contribution in [2.75, 3.05) is 13.2 Å². The standard InChI is InChI=1S/C16H26O2/c1-4-12-18-13-15(17)16(5-2,6-3)14-10-8-7-9-11-14/h7-11,15,17H,4-6,12-13H2,1-3H3. The lowest BCUT2D eigenvalue weighted by Gasteiger charge is -2.37. The normalized spacial score (nSPS) is 13.6. The molecule has 1 N–H and O–H groups in total. The lowest BCUT2D eigenvalue weighted by atomic mass is 9.71. The van der Waals surface area contributed by atoms with Crippen molar-refractivity contribution in [3.8, 4) is 0 Å². The Morgan fingerprint density at radius 1 is 1.11 bits per heavy atom. The van der Waals surface area contributed by atoms with Gasteiger partial charge >= 0.3 is 0 Å². The predicted octanol–water partition coefficient (Wildman–Crippen LogP) is 3.53. The molecule has 2 nitrogen and oxygen atoms in total. The Morgan fingerprint density at radius 2 is 1.72 bits per heavy atom. The molecule has 0 radical (unpaired) electrons. The molecule has 0 aliphatic heterocycles. The Labute approximate surface area is 111 Å². The van der Waals surface area contributed by atoms with Crippen LogP contribution in [0.4, 0.5) is 0 Å². The Balaban J connectivity index is 2.86. The quantitative estimate of drug-likeness (QED) is 0.715. The summed E-state index contributed by atoms with van der Waals surface area (Å²) in [6.07, 6.45) is 2.39. The third-order valence-electron chi connectivity index (χ3n) is 3.87. The monoisotopic (exact) mass is 250 g/mol. The Morgan fingerprint density at radius 3 is 2.22 bits per heavy atom. The molecule has 0 fully saturated rings. The van der Waals surface area contributed by atoms with E-state index < -0.39 is 6.10 Å². The van der Waals surface area contributed by atoms with Gasteiger partial charge in [0.15, 0.2) is 0 Å². The molecule has 1 aromatic carbocycles. The average Bonchev–Trinajstić information content (AvgIpc) is 2.42. The molecule has 0 bridgehead atoms. The molecular weight excluding hydrogens is 224 g/mol. The molecule has 1 rings (SSSR count). The molecule has 2 heteroatoms. The van der Waals surface area contributed by atoms with Crippen molar-refractivity contribution in [2.45, 2.75) is 51.6 Å². The van der Waals surface area contributed by atoms with Crippen LogP contribution in [0.5, 0.6) is 0 Å². The van der Waals surface area contributed by atoms with E-state index in [-0.39, 0.29) is 5.41 Å². The topological polar surface area (TPSA) is 29.5 Å². The first-order valence-electron chi connectivity index (χ1n) is 7.02. The highest BCUT2D eigenvalue weighted by Gasteiger charge is 2.36. The molecule has 102 valence electrons. The van der Waals surface area contributed by atoms with Crippen molar-refractivity contribution >= 4 is 0 Å². The maximum absolute atomic E-state index is 10.5. The highest BCUT2D eigenvalue weighted by molar-refractivity contribution is 5.26. The van der Waals surface area contributed by atoms with Crippen molar-refractivity contribution in [3.05, 3.63) is 35.9 Å². The minimum absolute atomic E-state index is 0.186. The molecule has 1 atom stereocenters. The van der Waals surface area contributed by atoms with Crippen LogP contribution in [-0.4, -0.2) is 24.4 Å². The second-order valence-corrected chi connectivity index (χ2v) is 4.82. The summed E-state index contributed by atoms with van der Waals surface area (Å²) in [6, 6.07) is 10.3. The lowest BCUT2D eigenvalue weighted by Crippen LogP contribution is -2.41. The summed E-state index contributed by atoms with van der Waals surface area (Å²) < 4.78 is 5.53. The molecule has 0 aliphatic carbocycles. The number of benzene rings is 1. The SMILES string of the molecule is CCCOCC(O)C(CC)(CC)c1ccccc1. The highest BCUT2D eigenvalue weighted by atomic mass is 16.5. The van der Waals surface area contributed by atoms with Gasteiger partial charge in [0.05, 0.1) is 12.7 Å². The summed E-state index contributed by atoms with van der Waals surface area (Å²) in [6.45, 7) is 7.50. The molecule has 0 aromatic heterocycles. The van der Waals surface area contributed by atoms with Gasteiger partial charge in [-0.1, -0.05) is 51.1 Å². The molecular formula is C16H26O2. The number of rotatable bonds is 8. The van der Waals surface area contributed by atoms with Crippen molar-refractivity contribution in [3.63, 3.8) is 0 Å². The second-order valence-electron chi connectivity index (χ2n) is 4.82. The zero-order valence-corrected chi connectivity index (χ0v) is 11.9. The summed E-state index contributed by atoms with van der Waals surface area (Å²) in [4.78, 5) is 0. The smallest absolute Gasteiger partial charge is 0.0869 e. The van der Waals surface area contributed by atoms with Crippen LogP contribution in [0.1, 0.15) is 45.6 Å². The van der Waals surface area contributed by atoms with Gasteiger partial charge in [-0.3, -0.25) is 0 Å². The Bertz CT molecular complexity index is 317. The number of aliphatic hydroxyl groups excluding tert-OH is 1. The summed E-state index contributed by atoms with van der Waals surface area (Å²) in [5.74, 6) is 0. The number of ether oxygens (including phenoxy) is 1. The fraction of sp³-hybridized carbons (Fsp3) is 0.625. The van der Waals surface area contributed by atoms with Gasteiger partial charge in [-0.15, -0.1) is 0 Å². The van der Waals surface area contributed by atoms with E-state index in [2.05, 4.69) is 32.9 Å². The van der Waals surface area contributed by atoms with E-state index in [0.29, 0.717) is 6.61 Å². The summed E-state index contributed by atoms with van der Waals surface area (Å²) in [7, 11) is 0. The van der Waals surface area contributed by atoms with Crippen molar-refractivity contribution < 1.29 is 9.84 Å². The number of hydrogen-bond acceptors (Lipinski definition) is 2. The average molecular weight is 250 g/mol. The molecule has 0 aliphatic rings. The first-order valence-corrected chi connectivity index (χ1v) is 7.02. The second kappa shape index (κ2) is 7.55. The first-order chi connectivity index (χ1) is 8.71. The maximum atomic E-state index is 10.5. The van der Waals surface area contributed by atoms with E-state index in [9.17, 15) is 5.11 Å². The van der Waals surface area contributed by atoms with Gasteiger partial charge in [0, 0.05) is 12.0 Å². The summed E-state index contributed by atoms with van der Waals surface area (Å²) in [5.41, 5.74) is 1.03. The fourth-order valence-electron chi connectivity index (χ4n) is 2.59. The van der Waals surface area contributed by atoms with Gasteiger partial charge in [0.1, 0.15) is 0 Å². The zero-order chi connectivity index (χ0) is 13.4. The maximum Gasteiger partial charge on any atom is 0.0869 e. The van der Waals surface area contributed by atoms with E-state index in [1.807, 2.05) is 18.2 Å². The molecule has 0 spiro atoms. The third-order valence-corrected chi connectivity index (χ3v) is 3.87. The molecule has 0 saturated heterocycles. The van der Waals surface area contributed by atoms with E-state index in [1.165, 1.54) is 5.56 Å². The zero-order valence-electron chi connectivity index (χ0n) is 11.9. The van der Waals surface area contributed by atoms with Crippen LogP contribution in [0.15, 0.2) is 30.3 Å². The summed E-state index contributed by atoms with van der Waals surface area (Å²) in [5, 5.41) is 10.5. The van der Waals surface area contributed by atoms with Crippen LogP contribution in [0.2, 0.25) is 0 Å². The molecule has 18 heavy (non-hydrogen) atoms.